The van der Waals surface area contributed by atoms with Gasteiger partial charge in [0.2, 0.25) is 5.95 Å². The fourth-order valence-corrected chi connectivity index (χ4v) is 4.71. The second-order valence-electron chi connectivity index (χ2n) is 9.24. The van der Waals surface area contributed by atoms with Gasteiger partial charge in [0.1, 0.15) is 5.82 Å². The van der Waals surface area contributed by atoms with E-state index in [4.69, 9.17) is 0 Å². The van der Waals surface area contributed by atoms with E-state index >= 15 is 0 Å². The summed E-state index contributed by atoms with van der Waals surface area (Å²) in [6, 6.07) is 3.01. The van der Waals surface area contributed by atoms with Gasteiger partial charge in [-0.1, -0.05) is 6.42 Å². The lowest BCUT2D eigenvalue weighted by Crippen LogP contribution is -2.49. The summed E-state index contributed by atoms with van der Waals surface area (Å²) in [6.45, 7) is 1.92. The third-order valence-electron chi connectivity index (χ3n) is 6.49. The quantitative estimate of drug-likeness (QED) is 0.418. The van der Waals surface area contributed by atoms with Crippen LogP contribution < -0.4 is 21.3 Å². The van der Waals surface area contributed by atoms with Crippen LogP contribution in [-0.4, -0.2) is 50.5 Å². The molecular weight excluding hydrogens is 449 g/mol. The number of amides is 2. The summed E-state index contributed by atoms with van der Waals surface area (Å²) in [5.41, 5.74) is 0.943. The summed E-state index contributed by atoms with van der Waals surface area (Å²) in [4.78, 5) is 21.1. The molecule has 0 unspecified atom stereocenters. The monoisotopic (exact) mass is 480 g/mol. The van der Waals surface area contributed by atoms with Gasteiger partial charge in [-0.25, -0.2) is 9.78 Å². The molecule has 0 aromatic carbocycles. The summed E-state index contributed by atoms with van der Waals surface area (Å²) in [6.07, 6.45) is 1.83. The zero-order valence-electron chi connectivity index (χ0n) is 19.1. The number of aromatic amines is 1. The second-order valence-corrected chi connectivity index (χ2v) is 9.24. The smallest absolute Gasteiger partial charge is 0.351 e. The number of hydrogen-bond donors (Lipinski definition) is 5. The summed E-state index contributed by atoms with van der Waals surface area (Å²) in [7, 11) is 0. The number of carbonyl (C=O) groups excluding carboxylic acids is 1. The van der Waals surface area contributed by atoms with Crippen molar-refractivity contribution < 1.29 is 18.0 Å². The van der Waals surface area contributed by atoms with Crippen molar-refractivity contribution in [3.8, 4) is 0 Å². The van der Waals surface area contributed by atoms with E-state index in [1.54, 1.807) is 12.3 Å². The number of anilines is 3. The summed E-state index contributed by atoms with van der Waals surface area (Å²) in [5, 5.41) is 19.1. The highest BCUT2D eigenvalue weighted by Gasteiger charge is 2.42. The molecule has 0 saturated heterocycles. The highest BCUT2D eigenvalue weighted by molar-refractivity contribution is 5.74. The highest BCUT2D eigenvalue weighted by Crippen LogP contribution is 2.37. The average molecular weight is 481 g/mol. The number of urea groups is 1. The molecule has 2 heterocycles. The van der Waals surface area contributed by atoms with Crippen molar-refractivity contribution in [1.29, 1.82) is 0 Å². The normalized spacial score (nSPS) is 25.4. The van der Waals surface area contributed by atoms with E-state index < -0.39 is 18.1 Å². The van der Waals surface area contributed by atoms with Crippen molar-refractivity contribution in [3.63, 3.8) is 0 Å². The van der Waals surface area contributed by atoms with Crippen molar-refractivity contribution >= 4 is 23.6 Å². The van der Waals surface area contributed by atoms with Crippen molar-refractivity contribution in [3.05, 3.63) is 24.0 Å². The minimum absolute atomic E-state index is 0.00289. The maximum Gasteiger partial charge on any atom is 0.391 e. The average Bonchev–Trinajstić information content (AvgIpc) is 3.19. The van der Waals surface area contributed by atoms with Crippen LogP contribution in [0.5, 0.6) is 0 Å². The van der Waals surface area contributed by atoms with Crippen LogP contribution in [0.4, 0.5) is 35.5 Å². The molecule has 9 nitrogen and oxygen atoms in total. The summed E-state index contributed by atoms with van der Waals surface area (Å²) in [5.74, 6) is 0.496. The Morgan fingerprint density at radius 2 is 1.76 bits per heavy atom. The van der Waals surface area contributed by atoms with Crippen LogP contribution in [0.1, 0.15) is 57.1 Å². The number of halogens is 3. The standard InChI is InChI=1S/C22H31F3N8O/c1-13-11-19(33-32-13)30-18-9-10-26-20(31-18)27-15-5-7-16(8-6-15)28-21(34)29-17-4-2-3-14(12-17)22(23,24)25/h9-11,14-17H,2-8,12H2,1H3,(H2,28,29,34)(H3,26,27,30,31,32,33)/t14-,15?,16?,17-/m1/s1. The Labute approximate surface area is 196 Å². The minimum Gasteiger partial charge on any atom is -0.351 e. The Morgan fingerprint density at radius 3 is 2.47 bits per heavy atom. The molecule has 2 aliphatic carbocycles. The molecule has 2 fully saturated rings. The Balaban J connectivity index is 1.19. The number of hydrogen-bond acceptors (Lipinski definition) is 6. The Bertz CT molecular complexity index is 958. The van der Waals surface area contributed by atoms with Gasteiger partial charge in [-0.15, -0.1) is 0 Å². The maximum absolute atomic E-state index is 13.0. The number of aryl methyl sites for hydroxylation is 1. The number of nitrogens with zero attached hydrogens (tertiary/aromatic N) is 3. The third-order valence-corrected chi connectivity index (χ3v) is 6.49. The third kappa shape index (κ3) is 6.73. The molecular formula is C22H31F3N8O. The molecule has 0 spiro atoms. The van der Waals surface area contributed by atoms with Crippen molar-refractivity contribution in [2.24, 2.45) is 5.92 Å². The molecule has 2 aliphatic rings. The van der Waals surface area contributed by atoms with Crippen LogP contribution in [0, 0.1) is 12.8 Å². The van der Waals surface area contributed by atoms with E-state index in [0.717, 1.165) is 31.4 Å². The van der Waals surface area contributed by atoms with Gasteiger partial charge in [0.05, 0.1) is 5.92 Å². The molecule has 5 N–H and O–H groups in total. The van der Waals surface area contributed by atoms with Gasteiger partial charge in [0.25, 0.3) is 0 Å². The van der Waals surface area contributed by atoms with E-state index in [1.165, 1.54) is 0 Å². The first-order valence-electron chi connectivity index (χ1n) is 11.8. The molecule has 186 valence electrons. The van der Waals surface area contributed by atoms with E-state index in [2.05, 4.69) is 41.4 Å². The second kappa shape index (κ2) is 10.5. The van der Waals surface area contributed by atoms with Crippen molar-refractivity contribution in [1.82, 2.24) is 30.8 Å². The van der Waals surface area contributed by atoms with Gasteiger partial charge >= 0.3 is 12.2 Å². The van der Waals surface area contributed by atoms with Crippen molar-refractivity contribution in [2.75, 3.05) is 10.6 Å². The first kappa shape index (κ1) is 24.1. The fourth-order valence-electron chi connectivity index (χ4n) is 4.71. The van der Waals surface area contributed by atoms with E-state index in [1.807, 2.05) is 13.0 Å². The lowest BCUT2D eigenvalue weighted by Gasteiger charge is -2.33. The van der Waals surface area contributed by atoms with E-state index in [9.17, 15) is 18.0 Å². The van der Waals surface area contributed by atoms with Crippen LogP contribution >= 0.6 is 0 Å². The fraction of sp³-hybridized carbons (Fsp3) is 0.636. The highest BCUT2D eigenvalue weighted by atomic mass is 19.4. The predicted octanol–water partition coefficient (Wildman–Crippen LogP) is 4.40. The molecule has 2 saturated carbocycles. The number of nitrogens with one attached hydrogen (secondary N) is 5. The van der Waals surface area contributed by atoms with E-state index in [-0.39, 0.29) is 31.0 Å². The van der Waals surface area contributed by atoms with Gasteiger partial charge in [-0.05, 0) is 57.9 Å². The Morgan fingerprint density at radius 1 is 1.03 bits per heavy atom. The molecule has 2 aromatic rings. The molecule has 34 heavy (non-hydrogen) atoms. The molecule has 2 aromatic heterocycles. The first-order valence-corrected chi connectivity index (χ1v) is 11.8. The van der Waals surface area contributed by atoms with Crippen LogP contribution in [0.3, 0.4) is 0 Å². The zero-order chi connectivity index (χ0) is 24.1. The molecule has 12 heteroatoms. The molecule has 2 amide bonds. The largest absolute Gasteiger partial charge is 0.391 e. The minimum atomic E-state index is -4.19. The number of alkyl halides is 3. The zero-order valence-corrected chi connectivity index (χ0v) is 19.1. The topological polar surface area (TPSA) is 120 Å². The van der Waals surface area contributed by atoms with Crippen LogP contribution in [-0.2, 0) is 0 Å². The van der Waals surface area contributed by atoms with Crippen LogP contribution in [0.25, 0.3) is 0 Å². The van der Waals surface area contributed by atoms with E-state index in [0.29, 0.717) is 30.4 Å². The lowest BCUT2D eigenvalue weighted by molar-refractivity contribution is -0.183. The predicted molar refractivity (Wildman–Crippen MR) is 122 cm³/mol. The molecule has 0 bridgehead atoms. The summed E-state index contributed by atoms with van der Waals surface area (Å²) >= 11 is 0. The number of carbonyl (C=O) groups is 1. The molecule has 4 rings (SSSR count). The van der Waals surface area contributed by atoms with Gasteiger partial charge in [-0.2, -0.15) is 23.3 Å². The maximum atomic E-state index is 13.0. The SMILES string of the molecule is Cc1cc(Nc2ccnc(NC3CCC(NC(=O)N[C@@H]4CCC[C@@H](C(F)(F)F)C4)CC3)n2)n[nH]1. The first-order chi connectivity index (χ1) is 16.2. The van der Waals surface area contributed by atoms with Crippen LogP contribution in [0.15, 0.2) is 18.3 Å². The van der Waals surface area contributed by atoms with Gasteiger partial charge in [-0.3, -0.25) is 5.10 Å². The Hall–Kier alpha value is -3.05. The van der Waals surface area contributed by atoms with Gasteiger partial charge in [0, 0.05) is 36.1 Å². The number of rotatable bonds is 6. The number of aromatic nitrogens is 4. The lowest BCUT2D eigenvalue weighted by atomic mass is 9.85. The molecule has 2 atom stereocenters. The Kier molecular flexibility index (Phi) is 7.42. The molecule has 0 radical (unpaired) electrons. The van der Waals surface area contributed by atoms with Gasteiger partial charge in [0.15, 0.2) is 5.82 Å². The van der Waals surface area contributed by atoms with Gasteiger partial charge < -0.3 is 21.3 Å². The summed E-state index contributed by atoms with van der Waals surface area (Å²) < 4.78 is 39.0. The molecule has 0 aliphatic heterocycles. The van der Waals surface area contributed by atoms with Crippen molar-refractivity contribution in [2.45, 2.75) is 82.6 Å². The van der Waals surface area contributed by atoms with Crippen LogP contribution in [0.2, 0.25) is 0 Å². The number of H-pyrrole nitrogens is 1.